The first-order valence-corrected chi connectivity index (χ1v) is 10.6. The summed E-state index contributed by atoms with van der Waals surface area (Å²) in [6.45, 7) is 2.25. The minimum Gasteiger partial charge on any atom is -0.383 e. The Labute approximate surface area is 186 Å². The standard InChI is InChI=1S/C22H22BrFN4O3/c1-2-3-11-27-19(25)18(20(29)26-22(27)31)28(13-14-7-5-4-6-8-14)21(30)16-12-15(24)9-10-17(16)23/h4-10,12H,2-3,11,13,25H2,1H3,(H,26,29,31). The van der Waals surface area contributed by atoms with E-state index in [-0.39, 0.29) is 23.6 Å². The molecule has 3 aromatic rings. The summed E-state index contributed by atoms with van der Waals surface area (Å²) in [7, 11) is 0. The molecule has 2 aromatic carbocycles. The highest BCUT2D eigenvalue weighted by Crippen LogP contribution is 2.26. The summed E-state index contributed by atoms with van der Waals surface area (Å²) in [6.07, 6.45) is 1.47. The van der Waals surface area contributed by atoms with E-state index in [1.54, 1.807) is 24.3 Å². The van der Waals surface area contributed by atoms with Crippen molar-refractivity contribution in [3.63, 3.8) is 0 Å². The molecule has 7 nitrogen and oxygen atoms in total. The number of halogens is 2. The first-order chi connectivity index (χ1) is 14.8. The van der Waals surface area contributed by atoms with Crippen molar-refractivity contribution >= 4 is 33.3 Å². The third kappa shape index (κ3) is 4.93. The number of aromatic nitrogens is 2. The second-order valence-electron chi connectivity index (χ2n) is 7.00. The number of amides is 1. The number of nitrogens with one attached hydrogen (secondary N) is 1. The highest BCUT2D eigenvalue weighted by atomic mass is 79.9. The van der Waals surface area contributed by atoms with Crippen LogP contribution in [0.3, 0.4) is 0 Å². The Morgan fingerprint density at radius 3 is 2.58 bits per heavy atom. The zero-order chi connectivity index (χ0) is 22.5. The van der Waals surface area contributed by atoms with Crippen LogP contribution >= 0.6 is 15.9 Å². The lowest BCUT2D eigenvalue weighted by atomic mass is 10.1. The highest BCUT2D eigenvalue weighted by molar-refractivity contribution is 9.10. The van der Waals surface area contributed by atoms with Gasteiger partial charge in [0.2, 0.25) is 0 Å². The van der Waals surface area contributed by atoms with Crippen molar-refractivity contribution in [3.8, 4) is 0 Å². The minimum atomic E-state index is -0.785. The van der Waals surface area contributed by atoms with Crippen LogP contribution < -0.4 is 21.9 Å². The quantitative estimate of drug-likeness (QED) is 0.529. The third-order valence-corrected chi connectivity index (χ3v) is 5.50. The van der Waals surface area contributed by atoms with E-state index in [1.165, 1.54) is 21.6 Å². The number of hydrogen-bond acceptors (Lipinski definition) is 4. The van der Waals surface area contributed by atoms with Crippen LogP contribution in [0, 0.1) is 5.82 Å². The van der Waals surface area contributed by atoms with Crippen molar-refractivity contribution in [2.75, 3.05) is 10.6 Å². The van der Waals surface area contributed by atoms with Gasteiger partial charge in [-0.15, -0.1) is 0 Å². The van der Waals surface area contributed by atoms with Crippen LogP contribution in [0.5, 0.6) is 0 Å². The lowest BCUT2D eigenvalue weighted by molar-refractivity contribution is 0.0983. The van der Waals surface area contributed by atoms with E-state index in [9.17, 15) is 18.8 Å². The van der Waals surface area contributed by atoms with Crippen molar-refractivity contribution in [1.82, 2.24) is 9.55 Å². The second-order valence-corrected chi connectivity index (χ2v) is 7.85. The zero-order valence-electron chi connectivity index (χ0n) is 16.9. The lowest BCUT2D eigenvalue weighted by Crippen LogP contribution is -2.41. The molecule has 0 saturated heterocycles. The SMILES string of the molecule is CCCCn1c(N)c(N(Cc2ccccc2)C(=O)c2cc(F)ccc2Br)c(=O)[nH]c1=O. The number of rotatable bonds is 7. The molecule has 0 unspecified atom stereocenters. The number of H-pyrrole nitrogens is 1. The van der Waals surface area contributed by atoms with Gasteiger partial charge in [-0.05, 0) is 46.1 Å². The first kappa shape index (κ1) is 22.5. The number of aromatic amines is 1. The number of anilines is 2. The van der Waals surface area contributed by atoms with E-state index in [0.717, 1.165) is 18.1 Å². The number of nitrogens with zero attached hydrogens (tertiary/aromatic N) is 2. The Balaban J connectivity index is 2.19. The summed E-state index contributed by atoms with van der Waals surface area (Å²) in [6, 6.07) is 12.7. The summed E-state index contributed by atoms with van der Waals surface area (Å²) in [5.41, 5.74) is 5.41. The average Bonchev–Trinajstić information content (AvgIpc) is 2.74. The number of nitrogens with two attached hydrogens (primary N) is 1. The maximum atomic E-state index is 13.9. The Kier molecular flexibility index (Phi) is 7.06. The van der Waals surface area contributed by atoms with Gasteiger partial charge in [-0.25, -0.2) is 9.18 Å². The third-order valence-electron chi connectivity index (χ3n) is 4.81. The largest absolute Gasteiger partial charge is 0.383 e. The molecule has 3 N–H and O–H groups in total. The molecule has 1 aromatic heterocycles. The normalized spacial score (nSPS) is 10.8. The van der Waals surface area contributed by atoms with Gasteiger partial charge in [-0.3, -0.25) is 24.0 Å². The van der Waals surface area contributed by atoms with E-state index in [1.807, 2.05) is 13.0 Å². The predicted octanol–water partition coefficient (Wildman–Crippen LogP) is 3.67. The molecule has 162 valence electrons. The van der Waals surface area contributed by atoms with E-state index >= 15 is 0 Å². The van der Waals surface area contributed by atoms with Crippen LogP contribution in [-0.2, 0) is 13.1 Å². The molecule has 9 heteroatoms. The molecule has 0 saturated carbocycles. The Morgan fingerprint density at radius 2 is 1.90 bits per heavy atom. The van der Waals surface area contributed by atoms with Crippen molar-refractivity contribution in [2.45, 2.75) is 32.9 Å². The smallest absolute Gasteiger partial charge is 0.330 e. The summed E-state index contributed by atoms with van der Waals surface area (Å²) in [5.74, 6) is -1.34. The summed E-state index contributed by atoms with van der Waals surface area (Å²) < 4.78 is 15.5. The minimum absolute atomic E-state index is 0.00187. The van der Waals surface area contributed by atoms with Crippen LogP contribution in [0.25, 0.3) is 0 Å². The number of benzene rings is 2. The summed E-state index contributed by atoms with van der Waals surface area (Å²) in [4.78, 5) is 42.0. The van der Waals surface area contributed by atoms with Crippen LogP contribution in [0.4, 0.5) is 15.9 Å². The highest BCUT2D eigenvalue weighted by Gasteiger charge is 2.27. The molecule has 0 radical (unpaired) electrons. The van der Waals surface area contributed by atoms with Gasteiger partial charge in [-0.2, -0.15) is 0 Å². The summed E-state index contributed by atoms with van der Waals surface area (Å²) in [5, 5.41) is 0. The molecule has 0 atom stereocenters. The molecule has 0 fully saturated rings. The zero-order valence-corrected chi connectivity index (χ0v) is 18.5. The Hall–Kier alpha value is -3.20. The van der Waals surface area contributed by atoms with Crippen LogP contribution in [0.15, 0.2) is 62.6 Å². The number of carbonyl (C=O) groups excluding carboxylic acids is 1. The van der Waals surface area contributed by atoms with E-state index in [4.69, 9.17) is 5.73 Å². The van der Waals surface area contributed by atoms with Gasteiger partial charge in [0.15, 0.2) is 5.69 Å². The fourth-order valence-corrected chi connectivity index (χ4v) is 3.62. The Morgan fingerprint density at radius 1 is 1.19 bits per heavy atom. The van der Waals surface area contributed by atoms with Crippen LogP contribution in [0.1, 0.15) is 35.7 Å². The van der Waals surface area contributed by atoms with Gasteiger partial charge in [0, 0.05) is 11.0 Å². The maximum absolute atomic E-state index is 13.9. The van der Waals surface area contributed by atoms with Crippen molar-refractivity contribution < 1.29 is 9.18 Å². The van der Waals surface area contributed by atoms with Gasteiger partial charge >= 0.3 is 5.69 Å². The molecule has 0 aliphatic rings. The molecule has 0 aliphatic heterocycles. The van der Waals surface area contributed by atoms with Crippen molar-refractivity contribution in [1.29, 1.82) is 0 Å². The van der Waals surface area contributed by atoms with Gasteiger partial charge in [-0.1, -0.05) is 43.7 Å². The molecule has 1 heterocycles. The number of carbonyl (C=O) groups is 1. The van der Waals surface area contributed by atoms with Crippen molar-refractivity contribution in [2.24, 2.45) is 0 Å². The molecule has 1 amide bonds. The molecule has 31 heavy (non-hydrogen) atoms. The molecular weight excluding hydrogens is 467 g/mol. The fourth-order valence-electron chi connectivity index (χ4n) is 3.20. The maximum Gasteiger partial charge on any atom is 0.330 e. The second kappa shape index (κ2) is 9.74. The molecule has 0 spiro atoms. The lowest BCUT2D eigenvalue weighted by Gasteiger charge is -2.25. The van der Waals surface area contributed by atoms with E-state index in [0.29, 0.717) is 17.4 Å². The van der Waals surface area contributed by atoms with Crippen LogP contribution in [0.2, 0.25) is 0 Å². The van der Waals surface area contributed by atoms with E-state index in [2.05, 4.69) is 20.9 Å². The number of unbranched alkanes of at least 4 members (excludes halogenated alkanes) is 1. The number of hydrogen-bond donors (Lipinski definition) is 2. The van der Waals surface area contributed by atoms with E-state index < -0.39 is 23.0 Å². The Bertz CT molecular complexity index is 1210. The first-order valence-electron chi connectivity index (χ1n) is 9.77. The number of nitrogen functional groups attached to an aromatic ring is 1. The van der Waals surface area contributed by atoms with Gasteiger partial charge < -0.3 is 5.73 Å². The fraction of sp³-hybridized carbons (Fsp3) is 0.227. The molecule has 0 aliphatic carbocycles. The average molecular weight is 489 g/mol. The monoisotopic (exact) mass is 488 g/mol. The molecular formula is C22H22BrFN4O3. The molecule has 0 bridgehead atoms. The summed E-state index contributed by atoms with van der Waals surface area (Å²) >= 11 is 3.27. The van der Waals surface area contributed by atoms with Crippen molar-refractivity contribution in [3.05, 3.63) is 90.8 Å². The van der Waals surface area contributed by atoms with Gasteiger partial charge in [0.25, 0.3) is 11.5 Å². The predicted molar refractivity (Wildman–Crippen MR) is 122 cm³/mol. The molecule has 3 rings (SSSR count). The topological polar surface area (TPSA) is 101 Å². The van der Waals surface area contributed by atoms with Crippen LogP contribution in [-0.4, -0.2) is 15.5 Å². The van der Waals surface area contributed by atoms with Gasteiger partial charge in [0.1, 0.15) is 11.6 Å². The van der Waals surface area contributed by atoms with Gasteiger partial charge in [0.05, 0.1) is 12.1 Å².